The van der Waals surface area contributed by atoms with Crippen LogP contribution in [0.1, 0.15) is 49.8 Å². The Kier molecular flexibility index (Phi) is 9.27. The van der Waals surface area contributed by atoms with Crippen molar-refractivity contribution in [3.8, 4) is 0 Å². The van der Waals surface area contributed by atoms with Crippen molar-refractivity contribution < 1.29 is 34.1 Å². The molecular formula is C29H36N2O7. The van der Waals surface area contributed by atoms with Gasteiger partial charge in [-0.05, 0) is 72.7 Å². The molecule has 0 bridgehead atoms. The first-order chi connectivity index (χ1) is 18.4. The van der Waals surface area contributed by atoms with Gasteiger partial charge in [0.15, 0.2) is 0 Å². The number of aromatic nitrogens is 1. The molecule has 1 saturated heterocycles. The third-order valence-electron chi connectivity index (χ3n) is 7.43. The van der Waals surface area contributed by atoms with Crippen LogP contribution in [-0.2, 0) is 20.9 Å². The summed E-state index contributed by atoms with van der Waals surface area (Å²) in [5.41, 5.74) is 2.91. The van der Waals surface area contributed by atoms with E-state index in [4.69, 9.17) is 9.15 Å². The number of aliphatic hydroxyl groups excluding tert-OH is 3. The molecule has 4 rings (SSSR count). The molecule has 9 nitrogen and oxygen atoms in total. The van der Waals surface area contributed by atoms with E-state index in [0.717, 1.165) is 16.8 Å². The summed E-state index contributed by atoms with van der Waals surface area (Å²) in [6, 6.07) is 9.03. The highest BCUT2D eigenvalue weighted by Crippen LogP contribution is 2.46. The summed E-state index contributed by atoms with van der Waals surface area (Å²) in [4.78, 5) is 32.1. The Morgan fingerprint density at radius 1 is 1.24 bits per heavy atom. The zero-order valence-corrected chi connectivity index (χ0v) is 21.9. The lowest BCUT2D eigenvalue weighted by molar-refractivity contribution is -0.140. The number of carbonyl (C=O) groups excluding carboxylic acids is 2. The van der Waals surface area contributed by atoms with E-state index in [0.29, 0.717) is 49.3 Å². The topological polar surface area (TPSA) is 133 Å². The quantitative estimate of drug-likeness (QED) is 0.285. The number of methoxy groups -OCH3 is 1. The van der Waals surface area contributed by atoms with E-state index >= 15 is 0 Å². The van der Waals surface area contributed by atoms with Gasteiger partial charge >= 0.3 is 0 Å². The molecule has 204 valence electrons. The number of carbonyl (C=O) groups is 2. The molecule has 1 aliphatic carbocycles. The van der Waals surface area contributed by atoms with Crippen LogP contribution in [0.15, 0.2) is 52.1 Å². The Morgan fingerprint density at radius 3 is 2.68 bits per heavy atom. The summed E-state index contributed by atoms with van der Waals surface area (Å²) in [5, 5.41) is 31.2. The van der Waals surface area contributed by atoms with Crippen molar-refractivity contribution >= 4 is 23.5 Å². The van der Waals surface area contributed by atoms with Crippen molar-refractivity contribution in [3.05, 3.63) is 64.9 Å². The average Bonchev–Trinajstić information content (AvgIpc) is 3.49. The monoisotopic (exact) mass is 524 g/mol. The predicted octanol–water partition coefficient (Wildman–Crippen LogP) is 2.82. The van der Waals surface area contributed by atoms with Crippen LogP contribution in [0.4, 0.5) is 0 Å². The minimum atomic E-state index is -0.960. The highest BCUT2D eigenvalue weighted by atomic mass is 16.5. The average molecular weight is 525 g/mol. The summed E-state index contributed by atoms with van der Waals surface area (Å²) in [5.74, 6) is -1.36. The molecule has 2 aliphatic rings. The van der Waals surface area contributed by atoms with Crippen LogP contribution >= 0.6 is 0 Å². The fraction of sp³-hybridized carbons (Fsp3) is 0.483. The molecule has 3 heterocycles. The van der Waals surface area contributed by atoms with Crippen molar-refractivity contribution in [1.82, 2.24) is 9.88 Å². The zero-order chi connectivity index (χ0) is 27.2. The largest absolute Gasteiger partial charge is 0.459 e. The Labute approximate surface area is 222 Å². The first-order valence-corrected chi connectivity index (χ1v) is 13.1. The number of imide groups is 1. The van der Waals surface area contributed by atoms with E-state index < -0.39 is 23.9 Å². The van der Waals surface area contributed by atoms with Gasteiger partial charge in [-0.2, -0.15) is 0 Å². The summed E-state index contributed by atoms with van der Waals surface area (Å²) in [6.07, 6.45) is 4.27. The molecule has 0 radical (unpaired) electrons. The lowest BCUT2D eigenvalue weighted by Crippen LogP contribution is -2.39. The molecule has 2 aromatic rings. The van der Waals surface area contributed by atoms with Gasteiger partial charge in [0.05, 0.1) is 36.8 Å². The van der Waals surface area contributed by atoms with Crippen LogP contribution < -0.4 is 0 Å². The molecule has 38 heavy (non-hydrogen) atoms. The lowest BCUT2D eigenvalue weighted by Gasteiger charge is -2.36. The van der Waals surface area contributed by atoms with Crippen molar-refractivity contribution in [2.24, 2.45) is 17.8 Å². The summed E-state index contributed by atoms with van der Waals surface area (Å²) in [6.45, 7) is 1.92. The maximum atomic E-state index is 13.2. The minimum Gasteiger partial charge on any atom is -0.459 e. The van der Waals surface area contributed by atoms with Gasteiger partial charge in [0.1, 0.15) is 18.1 Å². The number of aliphatic hydroxyl groups is 3. The number of allylic oxidation sites excluding steroid dienone is 1. The Morgan fingerprint density at radius 2 is 2.05 bits per heavy atom. The fourth-order valence-corrected chi connectivity index (χ4v) is 5.78. The Hall–Kier alpha value is -3.11. The number of ether oxygens (including phenoxy) is 1. The van der Waals surface area contributed by atoms with Gasteiger partial charge in [-0.1, -0.05) is 13.0 Å². The van der Waals surface area contributed by atoms with Crippen LogP contribution in [-0.4, -0.2) is 70.0 Å². The third kappa shape index (κ3) is 5.66. The highest BCUT2D eigenvalue weighted by molar-refractivity contribution is 6.05. The predicted molar refractivity (Wildman–Crippen MR) is 140 cm³/mol. The number of nitrogens with zero attached hydrogens (tertiary/aromatic N) is 2. The van der Waals surface area contributed by atoms with E-state index in [1.165, 1.54) is 4.90 Å². The lowest BCUT2D eigenvalue weighted by atomic mass is 9.68. The second-order valence-electron chi connectivity index (χ2n) is 9.85. The maximum absolute atomic E-state index is 13.2. The van der Waals surface area contributed by atoms with E-state index in [1.54, 1.807) is 25.4 Å². The normalized spacial score (nSPS) is 22.8. The molecule has 1 fully saturated rings. The van der Waals surface area contributed by atoms with E-state index in [2.05, 4.69) is 4.98 Å². The SMILES string of the molecule is CCCN1C(=O)[C@@H]2[C@@H](CC(COC)=C([C@H](O)CC/C(=C/c3ccc(CO)o3)c3ccccn3)[C@@H]2CO)C1=O. The molecule has 0 aromatic carbocycles. The minimum absolute atomic E-state index is 0.205. The van der Waals surface area contributed by atoms with E-state index in [9.17, 15) is 24.9 Å². The van der Waals surface area contributed by atoms with Crippen molar-refractivity contribution in [1.29, 1.82) is 0 Å². The Balaban J connectivity index is 1.62. The maximum Gasteiger partial charge on any atom is 0.233 e. The molecule has 1 aliphatic heterocycles. The number of fused-ring (bicyclic) bond motifs is 1. The summed E-state index contributed by atoms with van der Waals surface area (Å²) in [7, 11) is 1.55. The van der Waals surface area contributed by atoms with Crippen LogP contribution in [0.25, 0.3) is 11.6 Å². The second kappa shape index (κ2) is 12.6. The van der Waals surface area contributed by atoms with Gasteiger partial charge in [0, 0.05) is 25.8 Å². The van der Waals surface area contributed by atoms with Gasteiger partial charge in [0.2, 0.25) is 11.8 Å². The molecule has 2 amide bonds. The molecule has 3 N–H and O–H groups in total. The molecule has 0 saturated carbocycles. The number of furan rings is 1. The van der Waals surface area contributed by atoms with Crippen LogP contribution in [0.3, 0.4) is 0 Å². The van der Waals surface area contributed by atoms with Crippen LogP contribution in [0.2, 0.25) is 0 Å². The molecule has 2 aromatic heterocycles. The third-order valence-corrected chi connectivity index (χ3v) is 7.43. The smallest absolute Gasteiger partial charge is 0.233 e. The van der Waals surface area contributed by atoms with Crippen LogP contribution in [0, 0.1) is 17.8 Å². The Bertz CT molecular complexity index is 1190. The van der Waals surface area contributed by atoms with Gasteiger partial charge in [-0.15, -0.1) is 0 Å². The van der Waals surface area contributed by atoms with Gasteiger partial charge in [-0.25, -0.2) is 0 Å². The summed E-state index contributed by atoms with van der Waals surface area (Å²) < 4.78 is 11.1. The highest BCUT2D eigenvalue weighted by Gasteiger charge is 2.54. The number of hydrogen-bond donors (Lipinski definition) is 3. The van der Waals surface area contributed by atoms with Crippen molar-refractivity contribution in [2.75, 3.05) is 26.9 Å². The number of likely N-dealkylation sites (tertiary alicyclic amines) is 1. The fourth-order valence-electron chi connectivity index (χ4n) is 5.78. The van der Waals surface area contributed by atoms with Crippen LogP contribution in [0.5, 0.6) is 0 Å². The van der Waals surface area contributed by atoms with Gasteiger partial charge in [-0.3, -0.25) is 19.5 Å². The molecule has 4 atom stereocenters. The van der Waals surface area contributed by atoms with Gasteiger partial charge in [0.25, 0.3) is 0 Å². The standard InChI is InChI=1S/C29H36N2O7/c1-3-12-31-28(35)22-14-19(17-37-2)26(23(16-33)27(22)29(31)36)25(34)10-7-18(24-6-4-5-11-30-24)13-20-8-9-21(15-32)38-20/h4-6,8-9,11,13,22-23,25,27,32-34H,3,7,10,12,14-17H2,1-2H3/b18-13-/t22-,23+,25-,27-/m1/s1. The van der Waals surface area contributed by atoms with Crippen molar-refractivity contribution in [2.45, 2.75) is 45.3 Å². The second-order valence-corrected chi connectivity index (χ2v) is 9.85. The number of pyridine rings is 1. The first kappa shape index (κ1) is 27.9. The molecule has 9 heteroatoms. The van der Waals surface area contributed by atoms with E-state index in [1.807, 2.05) is 31.2 Å². The molecular weight excluding hydrogens is 488 g/mol. The molecule has 0 unspecified atom stereocenters. The molecule has 0 spiro atoms. The number of amides is 2. The zero-order valence-electron chi connectivity index (χ0n) is 21.9. The number of rotatable bonds is 12. The summed E-state index contributed by atoms with van der Waals surface area (Å²) >= 11 is 0. The first-order valence-electron chi connectivity index (χ1n) is 13.1. The number of hydrogen-bond acceptors (Lipinski definition) is 8. The van der Waals surface area contributed by atoms with Crippen molar-refractivity contribution in [3.63, 3.8) is 0 Å². The van der Waals surface area contributed by atoms with Gasteiger partial charge < -0.3 is 24.5 Å². The van der Waals surface area contributed by atoms with E-state index in [-0.39, 0.29) is 31.6 Å².